The van der Waals surface area contributed by atoms with Crippen LogP contribution >= 0.6 is 0 Å². The third-order valence-corrected chi connectivity index (χ3v) is 2.67. The molecule has 0 saturated heterocycles. The van der Waals surface area contributed by atoms with E-state index in [-0.39, 0.29) is 29.5 Å². The summed E-state index contributed by atoms with van der Waals surface area (Å²) in [6.45, 7) is 2.14. The summed E-state index contributed by atoms with van der Waals surface area (Å²) in [4.78, 5) is 20.8. The second kappa shape index (κ2) is 12.2. The third-order valence-electron chi connectivity index (χ3n) is 2.67. The van der Waals surface area contributed by atoms with E-state index in [2.05, 4.69) is 6.92 Å². The van der Waals surface area contributed by atoms with Crippen molar-refractivity contribution in [2.24, 2.45) is 5.92 Å². The van der Waals surface area contributed by atoms with E-state index >= 15 is 0 Å². The minimum absolute atomic E-state index is 0. The quantitative estimate of drug-likeness (QED) is 0.308. The van der Waals surface area contributed by atoms with Gasteiger partial charge in [-0.2, -0.15) is 0 Å². The first-order chi connectivity index (χ1) is 7.59. The van der Waals surface area contributed by atoms with E-state index in [1.54, 1.807) is 0 Å². The van der Waals surface area contributed by atoms with Gasteiger partial charge in [0.15, 0.2) is 0 Å². The molecule has 0 aliphatic heterocycles. The molecular formula is C12H20MgO4. The van der Waals surface area contributed by atoms with Crippen LogP contribution in [-0.2, 0) is 9.59 Å². The Labute approximate surface area is 119 Å². The molecule has 17 heavy (non-hydrogen) atoms. The van der Waals surface area contributed by atoms with Crippen LogP contribution in [0.1, 0.15) is 58.3 Å². The fourth-order valence-corrected chi connectivity index (χ4v) is 1.64. The molecule has 0 spiro atoms. The summed E-state index contributed by atoms with van der Waals surface area (Å²) >= 11 is 0. The van der Waals surface area contributed by atoms with Gasteiger partial charge in [-0.3, -0.25) is 0 Å². The first kappa shape index (κ1) is 19.1. The van der Waals surface area contributed by atoms with Gasteiger partial charge in [0.2, 0.25) is 0 Å². The predicted molar refractivity (Wildman–Crippen MR) is 61.9 cm³/mol. The van der Waals surface area contributed by atoms with Crippen molar-refractivity contribution in [3.63, 3.8) is 0 Å². The minimum Gasteiger partial charge on any atom is -0.549 e. The number of unbranched alkanes of at least 4 members (excludes halogenated alkanes) is 6. The summed E-state index contributed by atoms with van der Waals surface area (Å²) in [6.07, 6.45) is 7.39. The second-order valence-corrected chi connectivity index (χ2v) is 4.10. The standard InChI is InChI=1S/C12H22O4.Mg/c1-2-3-4-5-6-7-8-9-10(11(13)14)12(15)16;/h10H,2-9H2,1H3,(H,13,14)(H,15,16);/q;+2/p-2. The first-order valence-corrected chi connectivity index (χ1v) is 6.01. The van der Waals surface area contributed by atoms with E-state index < -0.39 is 17.9 Å². The molecular weight excluding hydrogens is 232 g/mol. The van der Waals surface area contributed by atoms with Gasteiger partial charge in [0.05, 0.1) is 11.9 Å². The molecule has 0 aromatic carbocycles. The Kier molecular flexibility index (Phi) is 13.6. The Bertz CT molecular complexity index is 205. The maximum atomic E-state index is 10.4. The molecule has 0 amide bonds. The number of carbonyl (C=O) groups excluding carboxylic acids is 2. The zero-order valence-corrected chi connectivity index (χ0v) is 12.0. The van der Waals surface area contributed by atoms with E-state index in [0.717, 1.165) is 19.3 Å². The van der Waals surface area contributed by atoms with Crippen molar-refractivity contribution in [3.05, 3.63) is 0 Å². The van der Waals surface area contributed by atoms with Gasteiger partial charge < -0.3 is 19.8 Å². The summed E-state index contributed by atoms with van der Waals surface area (Å²) in [6, 6.07) is 0. The van der Waals surface area contributed by atoms with Crippen molar-refractivity contribution in [2.45, 2.75) is 58.3 Å². The summed E-state index contributed by atoms with van der Waals surface area (Å²) in [5.41, 5.74) is 0. The molecule has 0 radical (unpaired) electrons. The van der Waals surface area contributed by atoms with Crippen LogP contribution in [0.25, 0.3) is 0 Å². The third kappa shape index (κ3) is 10.6. The van der Waals surface area contributed by atoms with Crippen molar-refractivity contribution in [1.29, 1.82) is 0 Å². The number of carboxylic acid groups (broad SMARTS) is 2. The van der Waals surface area contributed by atoms with Gasteiger partial charge in [-0.15, -0.1) is 0 Å². The van der Waals surface area contributed by atoms with E-state index in [9.17, 15) is 19.8 Å². The van der Waals surface area contributed by atoms with E-state index in [0.29, 0.717) is 6.42 Å². The SMILES string of the molecule is CCCCCCCCCC(C(=O)[O-])C(=O)[O-].[Mg+2]. The van der Waals surface area contributed by atoms with Gasteiger partial charge in [0.25, 0.3) is 0 Å². The van der Waals surface area contributed by atoms with Crippen LogP contribution in [0.15, 0.2) is 0 Å². The number of hydrogen-bond acceptors (Lipinski definition) is 4. The number of rotatable bonds is 10. The minimum atomic E-state index is -1.54. The van der Waals surface area contributed by atoms with Crippen LogP contribution in [0.3, 0.4) is 0 Å². The number of aliphatic carboxylic acids is 2. The largest absolute Gasteiger partial charge is 2.00 e. The summed E-state index contributed by atoms with van der Waals surface area (Å²) in [5, 5.41) is 20.8. The van der Waals surface area contributed by atoms with Crippen LogP contribution in [0.5, 0.6) is 0 Å². The smallest absolute Gasteiger partial charge is 0.549 e. The normalized spacial score (nSPS) is 10.0. The van der Waals surface area contributed by atoms with Crippen molar-refractivity contribution < 1.29 is 19.8 Å². The van der Waals surface area contributed by atoms with Crippen LogP contribution in [0.2, 0.25) is 0 Å². The van der Waals surface area contributed by atoms with Crippen molar-refractivity contribution in [3.8, 4) is 0 Å². The van der Waals surface area contributed by atoms with E-state index in [4.69, 9.17) is 0 Å². The maximum absolute atomic E-state index is 10.4. The average molecular weight is 253 g/mol. The molecule has 5 heteroatoms. The van der Waals surface area contributed by atoms with Gasteiger partial charge in [0, 0.05) is 5.92 Å². The Hall–Kier alpha value is -0.294. The van der Waals surface area contributed by atoms with Gasteiger partial charge >= 0.3 is 23.1 Å². The molecule has 0 unspecified atom stereocenters. The van der Waals surface area contributed by atoms with Crippen LogP contribution < -0.4 is 10.2 Å². The first-order valence-electron chi connectivity index (χ1n) is 6.01. The molecule has 0 heterocycles. The maximum Gasteiger partial charge on any atom is 2.00 e. The molecule has 0 bridgehead atoms. The van der Waals surface area contributed by atoms with Crippen molar-refractivity contribution >= 4 is 35.0 Å². The fraction of sp³-hybridized carbons (Fsp3) is 0.833. The number of carbonyl (C=O) groups is 2. The molecule has 0 aromatic rings. The fourth-order valence-electron chi connectivity index (χ4n) is 1.64. The van der Waals surface area contributed by atoms with Gasteiger partial charge in [-0.25, -0.2) is 0 Å². The topological polar surface area (TPSA) is 80.3 Å². The summed E-state index contributed by atoms with van der Waals surface area (Å²) in [5.74, 6) is -4.52. The predicted octanol–water partition coefficient (Wildman–Crippen LogP) is -0.138. The average Bonchev–Trinajstić information content (AvgIpc) is 2.21. The second-order valence-electron chi connectivity index (χ2n) is 4.10. The van der Waals surface area contributed by atoms with Crippen LogP contribution in [-0.4, -0.2) is 35.0 Å². The molecule has 0 aliphatic rings. The monoisotopic (exact) mass is 252 g/mol. The molecule has 0 saturated carbocycles. The van der Waals surface area contributed by atoms with Crippen LogP contribution in [0.4, 0.5) is 0 Å². The van der Waals surface area contributed by atoms with Crippen molar-refractivity contribution in [1.82, 2.24) is 0 Å². The Morgan fingerprint density at radius 2 is 1.29 bits per heavy atom. The van der Waals surface area contributed by atoms with Gasteiger partial charge in [0.1, 0.15) is 0 Å². The zero-order chi connectivity index (χ0) is 12.4. The Morgan fingerprint density at radius 3 is 1.71 bits per heavy atom. The van der Waals surface area contributed by atoms with Crippen molar-refractivity contribution in [2.75, 3.05) is 0 Å². The molecule has 0 fully saturated rings. The molecule has 0 aromatic heterocycles. The number of carboxylic acids is 2. The molecule has 0 N–H and O–H groups in total. The van der Waals surface area contributed by atoms with Gasteiger partial charge in [-0.1, -0.05) is 51.9 Å². The molecule has 0 aliphatic carbocycles. The number of hydrogen-bond donors (Lipinski definition) is 0. The molecule has 0 atom stereocenters. The Balaban J connectivity index is 0. The molecule has 94 valence electrons. The Morgan fingerprint density at radius 1 is 0.882 bits per heavy atom. The zero-order valence-electron chi connectivity index (χ0n) is 10.6. The molecule has 0 rings (SSSR count). The molecule has 4 nitrogen and oxygen atoms in total. The summed E-state index contributed by atoms with van der Waals surface area (Å²) in [7, 11) is 0. The van der Waals surface area contributed by atoms with Gasteiger partial charge in [-0.05, 0) is 6.42 Å². The van der Waals surface area contributed by atoms with E-state index in [1.807, 2.05) is 0 Å². The van der Waals surface area contributed by atoms with Crippen LogP contribution in [0, 0.1) is 5.92 Å². The van der Waals surface area contributed by atoms with E-state index in [1.165, 1.54) is 19.3 Å². The summed E-state index contributed by atoms with van der Waals surface area (Å²) < 4.78 is 0.